The Hall–Kier alpha value is -4.02. The third-order valence-electron chi connectivity index (χ3n) is 6.37. The van der Waals surface area contributed by atoms with Gasteiger partial charge in [-0.2, -0.15) is 13.2 Å². The van der Waals surface area contributed by atoms with Crippen molar-refractivity contribution in [2.24, 2.45) is 0 Å². The van der Waals surface area contributed by atoms with Crippen LogP contribution in [0.25, 0.3) is 16.6 Å². The minimum absolute atomic E-state index is 0.0848. The Morgan fingerprint density at radius 1 is 1.06 bits per heavy atom. The molecule has 11 heteroatoms. The van der Waals surface area contributed by atoms with Crippen molar-refractivity contribution in [3.05, 3.63) is 71.7 Å². The number of aryl methyl sites for hydroxylation is 1. The van der Waals surface area contributed by atoms with Gasteiger partial charge in [0.2, 0.25) is 0 Å². The zero-order valence-corrected chi connectivity index (χ0v) is 19.5. The third-order valence-corrected chi connectivity index (χ3v) is 6.37. The lowest BCUT2D eigenvalue weighted by molar-refractivity contribution is -0.140. The quantitative estimate of drug-likeness (QED) is 0.417. The third kappa shape index (κ3) is 5.14. The molecule has 0 unspecified atom stereocenters. The van der Waals surface area contributed by atoms with E-state index in [0.29, 0.717) is 28.6 Å². The minimum atomic E-state index is -4.54. The molecule has 1 fully saturated rings. The molecule has 0 saturated heterocycles. The highest BCUT2D eigenvalue weighted by atomic mass is 19.4. The fourth-order valence-electron chi connectivity index (χ4n) is 4.59. The number of rotatable bonds is 5. The van der Waals surface area contributed by atoms with Crippen molar-refractivity contribution in [1.82, 2.24) is 30.5 Å². The predicted octanol–water partition coefficient (Wildman–Crippen LogP) is 4.69. The van der Waals surface area contributed by atoms with Crippen LogP contribution >= 0.6 is 0 Å². The number of benzene rings is 2. The lowest BCUT2D eigenvalue weighted by Gasteiger charge is -2.31. The molecule has 2 aromatic heterocycles. The molecule has 2 heterocycles. The molecule has 0 radical (unpaired) electrons. The fraction of sp³-hybridized carbons (Fsp3) is 0.320. The van der Waals surface area contributed by atoms with E-state index in [1.807, 2.05) is 13.0 Å². The second-order valence-corrected chi connectivity index (χ2v) is 9.05. The molecular weight excluding hydrogens is 471 g/mol. The number of alkyl halides is 3. The maximum Gasteiger partial charge on any atom is 0.433 e. The van der Waals surface area contributed by atoms with E-state index in [-0.39, 0.29) is 18.0 Å². The highest BCUT2D eigenvalue weighted by Gasteiger charge is 2.34. The molecule has 2 N–H and O–H groups in total. The molecule has 8 nitrogen and oxygen atoms in total. The van der Waals surface area contributed by atoms with Gasteiger partial charge >= 0.3 is 6.18 Å². The highest BCUT2D eigenvalue weighted by molar-refractivity contribution is 5.94. The minimum Gasteiger partial charge on any atom is -0.382 e. The molecule has 1 saturated carbocycles. The van der Waals surface area contributed by atoms with Crippen molar-refractivity contribution in [2.45, 2.75) is 50.9 Å². The van der Waals surface area contributed by atoms with Crippen molar-refractivity contribution in [2.75, 3.05) is 5.32 Å². The maximum atomic E-state index is 13.5. The predicted molar refractivity (Wildman–Crippen MR) is 128 cm³/mol. The number of tetrazole rings is 1. The number of anilines is 1. The molecule has 1 aliphatic carbocycles. The normalized spacial score (nSPS) is 18.2. The zero-order valence-electron chi connectivity index (χ0n) is 19.5. The van der Waals surface area contributed by atoms with Crippen molar-refractivity contribution in [3.63, 3.8) is 0 Å². The van der Waals surface area contributed by atoms with Crippen molar-refractivity contribution >= 4 is 22.5 Å². The van der Waals surface area contributed by atoms with E-state index < -0.39 is 11.9 Å². The van der Waals surface area contributed by atoms with Crippen molar-refractivity contribution < 1.29 is 18.0 Å². The summed E-state index contributed by atoms with van der Waals surface area (Å²) in [5, 5.41) is 18.0. The van der Waals surface area contributed by atoms with Gasteiger partial charge in [0.1, 0.15) is 12.0 Å². The van der Waals surface area contributed by atoms with E-state index in [1.54, 1.807) is 36.4 Å². The van der Waals surface area contributed by atoms with Gasteiger partial charge in [0.25, 0.3) is 5.91 Å². The van der Waals surface area contributed by atoms with Gasteiger partial charge in [0, 0.05) is 28.7 Å². The first kappa shape index (κ1) is 23.7. The largest absolute Gasteiger partial charge is 0.433 e. The van der Waals surface area contributed by atoms with E-state index in [9.17, 15) is 18.0 Å². The summed E-state index contributed by atoms with van der Waals surface area (Å²) in [5.41, 5.74) is 1.96. The summed E-state index contributed by atoms with van der Waals surface area (Å²) < 4.78 is 41.9. The summed E-state index contributed by atoms with van der Waals surface area (Å²) in [6.07, 6.45) is -0.0329. The number of fused-ring (bicyclic) bond motifs is 1. The maximum absolute atomic E-state index is 13.5. The van der Waals surface area contributed by atoms with E-state index in [0.717, 1.165) is 36.6 Å². The van der Waals surface area contributed by atoms with Gasteiger partial charge in [0.15, 0.2) is 0 Å². The number of pyridine rings is 1. The summed E-state index contributed by atoms with van der Waals surface area (Å²) in [4.78, 5) is 16.6. The lowest BCUT2D eigenvalue weighted by atomic mass is 9.90. The first-order valence-corrected chi connectivity index (χ1v) is 11.7. The SMILES string of the molecule is Cc1ccc2nc(C(F)(F)F)cc(N[C@H]3CCC[C@@H](NC(=O)c4ccc(-n5cnnn5)cc4)C3)c2c1. The molecule has 5 rings (SSSR count). The van der Waals surface area contributed by atoms with Crippen LogP contribution in [0, 0.1) is 6.92 Å². The van der Waals surface area contributed by atoms with E-state index in [4.69, 9.17) is 0 Å². The number of aromatic nitrogens is 5. The molecule has 0 aliphatic heterocycles. The van der Waals surface area contributed by atoms with Crippen LogP contribution in [0.15, 0.2) is 54.9 Å². The van der Waals surface area contributed by atoms with E-state index in [1.165, 1.54) is 11.0 Å². The van der Waals surface area contributed by atoms with Crippen LogP contribution in [0.4, 0.5) is 18.9 Å². The van der Waals surface area contributed by atoms with Crippen LogP contribution in [-0.4, -0.2) is 43.2 Å². The number of carbonyl (C=O) groups is 1. The Kier molecular flexibility index (Phi) is 6.29. The van der Waals surface area contributed by atoms with Crippen LogP contribution in [0.5, 0.6) is 0 Å². The number of hydrogen-bond donors (Lipinski definition) is 2. The van der Waals surface area contributed by atoms with E-state index >= 15 is 0 Å². The Morgan fingerprint density at radius 2 is 1.83 bits per heavy atom. The number of nitrogens with one attached hydrogen (secondary N) is 2. The van der Waals surface area contributed by atoms with Crippen LogP contribution < -0.4 is 10.6 Å². The Morgan fingerprint density at radius 3 is 2.56 bits per heavy atom. The topological polar surface area (TPSA) is 97.6 Å². The number of amides is 1. The fourth-order valence-corrected chi connectivity index (χ4v) is 4.59. The standard InChI is InChI=1S/C25H24F3N7O/c1-15-5-10-21-20(11-15)22(13-23(32-21)25(26,27)28)30-17-3-2-4-18(12-17)31-24(36)16-6-8-19(9-7-16)35-14-29-33-34-35/h5-11,13-14,17-18H,2-4,12H2,1H3,(H,30,32)(H,31,36)/t17-,18+/m0/s1. The molecule has 2 atom stereocenters. The molecule has 1 aliphatic rings. The van der Waals surface area contributed by atoms with Gasteiger partial charge in [-0.1, -0.05) is 11.6 Å². The molecule has 1 amide bonds. The zero-order chi connectivity index (χ0) is 25.3. The van der Waals surface area contributed by atoms with Crippen LogP contribution in [0.2, 0.25) is 0 Å². The van der Waals surface area contributed by atoms with Gasteiger partial charge < -0.3 is 10.6 Å². The average Bonchev–Trinajstić information content (AvgIpc) is 3.39. The molecule has 0 spiro atoms. The summed E-state index contributed by atoms with van der Waals surface area (Å²) in [5.74, 6) is -0.201. The monoisotopic (exact) mass is 495 g/mol. The number of hydrogen-bond acceptors (Lipinski definition) is 6. The Balaban J connectivity index is 1.29. The molecule has 36 heavy (non-hydrogen) atoms. The van der Waals surface area contributed by atoms with Gasteiger partial charge in [-0.25, -0.2) is 9.67 Å². The van der Waals surface area contributed by atoms with Crippen LogP contribution in [0.1, 0.15) is 47.3 Å². The average molecular weight is 496 g/mol. The van der Waals surface area contributed by atoms with Gasteiger partial charge in [0.05, 0.1) is 11.2 Å². The van der Waals surface area contributed by atoms with E-state index in [2.05, 4.69) is 31.1 Å². The number of nitrogens with zero attached hydrogens (tertiary/aromatic N) is 5. The number of carbonyl (C=O) groups excluding carboxylic acids is 1. The molecule has 2 aromatic carbocycles. The molecule has 4 aromatic rings. The van der Waals surface area contributed by atoms with Gasteiger partial charge in [-0.15, -0.1) is 5.10 Å². The first-order chi connectivity index (χ1) is 17.3. The number of halogens is 3. The lowest BCUT2D eigenvalue weighted by Crippen LogP contribution is -2.41. The molecule has 186 valence electrons. The summed E-state index contributed by atoms with van der Waals surface area (Å²) in [7, 11) is 0. The van der Waals surface area contributed by atoms with Crippen molar-refractivity contribution in [1.29, 1.82) is 0 Å². The highest BCUT2D eigenvalue weighted by Crippen LogP contribution is 2.34. The molecular formula is C25H24F3N7O. The Labute approximate surface area is 204 Å². The Bertz CT molecular complexity index is 1370. The van der Waals surface area contributed by atoms with Gasteiger partial charge in [-0.3, -0.25) is 4.79 Å². The second-order valence-electron chi connectivity index (χ2n) is 9.05. The second kappa shape index (κ2) is 9.56. The smallest absolute Gasteiger partial charge is 0.382 e. The summed E-state index contributed by atoms with van der Waals surface area (Å²) in [6.45, 7) is 1.89. The van der Waals surface area contributed by atoms with Crippen LogP contribution in [0.3, 0.4) is 0 Å². The first-order valence-electron chi connectivity index (χ1n) is 11.7. The van der Waals surface area contributed by atoms with Crippen LogP contribution in [-0.2, 0) is 6.18 Å². The van der Waals surface area contributed by atoms with Gasteiger partial charge in [-0.05, 0) is 85.5 Å². The van der Waals surface area contributed by atoms with Crippen molar-refractivity contribution in [3.8, 4) is 5.69 Å². The molecule has 0 bridgehead atoms. The summed E-state index contributed by atoms with van der Waals surface area (Å²) in [6, 6.07) is 13.0. The summed E-state index contributed by atoms with van der Waals surface area (Å²) >= 11 is 0.